The van der Waals surface area contributed by atoms with Crippen LogP contribution in [0.25, 0.3) is 28.1 Å². The van der Waals surface area contributed by atoms with Gasteiger partial charge in [0.05, 0.1) is 6.54 Å². The first-order chi connectivity index (χ1) is 12.9. The number of furan rings is 1. The van der Waals surface area contributed by atoms with E-state index in [0.29, 0.717) is 0 Å². The zero-order valence-electron chi connectivity index (χ0n) is 14.3. The molecular weight excluding hydrogens is 326 g/mol. The molecule has 6 heteroatoms. The number of H-pyrrole nitrogens is 2. The van der Waals surface area contributed by atoms with Gasteiger partial charge in [0.25, 0.3) is 0 Å². The molecule has 0 aromatic carbocycles. The number of aromatic amines is 2. The zero-order valence-corrected chi connectivity index (χ0v) is 14.3. The molecule has 4 aromatic heterocycles. The number of fused-ring (bicyclic) bond motifs is 1. The molecule has 26 heavy (non-hydrogen) atoms. The third-order valence-corrected chi connectivity index (χ3v) is 4.90. The van der Waals surface area contributed by atoms with Crippen LogP contribution in [0.5, 0.6) is 0 Å². The Labute approximate surface area is 150 Å². The van der Waals surface area contributed by atoms with Crippen molar-refractivity contribution in [2.24, 2.45) is 0 Å². The van der Waals surface area contributed by atoms with Crippen LogP contribution in [0.15, 0.2) is 59.4 Å². The summed E-state index contributed by atoms with van der Waals surface area (Å²) in [7, 11) is 0. The van der Waals surface area contributed by atoms with Gasteiger partial charge in [-0.05, 0) is 42.3 Å². The number of aromatic nitrogens is 4. The third kappa shape index (κ3) is 2.74. The van der Waals surface area contributed by atoms with Gasteiger partial charge < -0.3 is 9.40 Å². The Balaban J connectivity index is 1.29. The lowest BCUT2D eigenvalue weighted by Gasteiger charge is -2.25. The molecule has 4 aromatic rings. The molecule has 0 unspecified atom stereocenters. The van der Waals surface area contributed by atoms with Crippen molar-refractivity contribution in [3.8, 4) is 11.5 Å². The van der Waals surface area contributed by atoms with Gasteiger partial charge in [-0.3, -0.25) is 10.00 Å². The highest BCUT2D eigenvalue weighted by Crippen LogP contribution is 2.29. The van der Waals surface area contributed by atoms with E-state index >= 15 is 0 Å². The van der Waals surface area contributed by atoms with Crippen LogP contribution in [0.3, 0.4) is 0 Å². The van der Waals surface area contributed by atoms with E-state index in [4.69, 9.17) is 4.42 Å². The van der Waals surface area contributed by atoms with Crippen molar-refractivity contribution in [3.05, 3.63) is 66.3 Å². The molecule has 0 spiro atoms. The minimum atomic E-state index is 0.813. The minimum Gasteiger partial charge on any atom is -0.458 e. The maximum Gasteiger partial charge on any atom is 0.152 e. The van der Waals surface area contributed by atoms with Crippen LogP contribution >= 0.6 is 0 Å². The lowest BCUT2D eigenvalue weighted by atomic mass is 9.99. The molecule has 0 fully saturated rings. The van der Waals surface area contributed by atoms with Gasteiger partial charge in [0, 0.05) is 42.6 Å². The molecular formula is C20H19N5O. The Bertz CT molecular complexity index is 1060. The zero-order chi connectivity index (χ0) is 17.3. The largest absolute Gasteiger partial charge is 0.458 e. The van der Waals surface area contributed by atoms with Crippen molar-refractivity contribution in [1.82, 2.24) is 25.1 Å². The van der Waals surface area contributed by atoms with Crippen LogP contribution in [-0.2, 0) is 6.54 Å². The van der Waals surface area contributed by atoms with Crippen LogP contribution in [0.1, 0.15) is 17.7 Å². The van der Waals surface area contributed by atoms with Gasteiger partial charge >= 0.3 is 0 Å². The Kier molecular flexibility index (Phi) is 3.68. The van der Waals surface area contributed by atoms with E-state index in [0.717, 1.165) is 48.9 Å². The first-order valence-corrected chi connectivity index (χ1v) is 8.79. The standard InChI is InChI=1S/C20H19N5O/c1-2-16-17(12-22-20(16)21-8-1)14-6-10-25(11-7-14)13-15-3-4-19(26-15)18-5-9-23-24-18/h1-6,8-9,12H,7,10-11,13H2,(H,21,22)(H,23,24). The fraction of sp³-hybridized carbons (Fsp3) is 0.200. The molecule has 5 heterocycles. The van der Waals surface area contributed by atoms with E-state index in [1.54, 1.807) is 6.20 Å². The first kappa shape index (κ1) is 15.2. The second-order valence-corrected chi connectivity index (χ2v) is 6.55. The predicted octanol–water partition coefficient (Wildman–Crippen LogP) is 3.84. The lowest BCUT2D eigenvalue weighted by molar-refractivity contribution is 0.269. The molecule has 130 valence electrons. The summed E-state index contributed by atoms with van der Waals surface area (Å²) in [4.78, 5) is 10.0. The van der Waals surface area contributed by atoms with Gasteiger partial charge in [-0.25, -0.2) is 4.98 Å². The highest BCUT2D eigenvalue weighted by molar-refractivity contribution is 5.90. The van der Waals surface area contributed by atoms with E-state index in [-0.39, 0.29) is 0 Å². The van der Waals surface area contributed by atoms with Crippen molar-refractivity contribution < 1.29 is 4.42 Å². The molecule has 0 aliphatic carbocycles. The highest BCUT2D eigenvalue weighted by Gasteiger charge is 2.17. The maximum atomic E-state index is 5.94. The van der Waals surface area contributed by atoms with Gasteiger partial charge in [-0.1, -0.05) is 6.08 Å². The summed E-state index contributed by atoms with van der Waals surface area (Å²) in [6.07, 6.45) is 8.96. The Morgan fingerprint density at radius 1 is 1.15 bits per heavy atom. The second kappa shape index (κ2) is 6.31. The van der Waals surface area contributed by atoms with E-state index in [1.165, 1.54) is 16.5 Å². The molecule has 0 saturated heterocycles. The Morgan fingerprint density at radius 3 is 3.00 bits per heavy atom. The van der Waals surface area contributed by atoms with Crippen LogP contribution in [0.2, 0.25) is 0 Å². The van der Waals surface area contributed by atoms with Crippen LogP contribution in [-0.4, -0.2) is 38.2 Å². The molecule has 0 amide bonds. The van der Waals surface area contributed by atoms with Crippen molar-refractivity contribution >= 4 is 16.6 Å². The van der Waals surface area contributed by atoms with Gasteiger partial charge in [0.1, 0.15) is 17.1 Å². The van der Waals surface area contributed by atoms with Crippen molar-refractivity contribution in [2.45, 2.75) is 13.0 Å². The Hall–Kier alpha value is -3.12. The summed E-state index contributed by atoms with van der Waals surface area (Å²) in [5.41, 5.74) is 4.52. The molecule has 5 rings (SSSR count). The number of rotatable bonds is 4. The number of hydrogen-bond acceptors (Lipinski definition) is 4. The molecule has 0 atom stereocenters. The predicted molar refractivity (Wildman–Crippen MR) is 100 cm³/mol. The molecule has 0 saturated carbocycles. The molecule has 1 aliphatic heterocycles. The van der Waals surface area contributed by atoms with Gasteiger partial charge in [-0.15, -0.1) is 0 Å². The summed E-state index contributed by atoms with van der Waals surface area (Å²) in [5, 5.41) is 8.10. The molecule has 0 radical (unpaired) electrons. The maximum absolute atomic E-state index is 5.94. The number of hydrogen-bond donors (Lipinski definition) is 2. The van der Waals surface area contributed by atoms with Gasteiger partial charge in [0.2, 0.25) is 0 Å². The average Bonchev–Trinajstić information content (AvgIpc) is 3.43. The first-order valence-electron chi connectivity index (χ1n) is 8.79. The summed E-state index contributed by atoms with van der Waals surface area (Å²) in [6, 6.07) is 10.1. The SMILES string of the molecule is C1=C(c2c[nH]c3ncccc23)CCN(Cc2ccc(-c3ccn[nH]3)o2)C1. The summed E-state index contributed by atoms with van der Waals surface area (Å²) in [6.45, 7) is 2.74. The normalized spacial score (nSPS) is 15.5. The van der Waals surface area contributed by atoms with E-state index < -0.39 is 0 Å². The minimum absolute atomic E-state index is 0.813. The summed E-state index contributed by atoms with van der Waals surface area (Å²) >= 11 is 0. The average molecular weight is 345 g/mol. The van der Waals surface area contributed by atoms with Gasteiger partial charge in [-0.2, -0.15) is 5.10 Å². The summed E-state index contributed by atoms with van der Waals surface area (Å²) in [5.74, 6) is 1.81. The van der Waals surface area contributed by atoms with Crippen LogP contribution in [0, 0.1) is 0 Å². The lowest BCUT2D eigenvalue weighted by Crippen LogP contribution is -2.27. The fourth-order valence-electron chi connectivity index (χ4n) is 3.54. The topological polar surface area (TPSA) is 73.7 Å². The van der Waals surface area contributed by atoms with E-state index in [9.17, 15) is 0 Å². The molecule has 1 aliphatic rings. The smallest absolute Gasteiger partial charge is 0.152 e. The van der Waals surface area contributed by atoms with E-state index in [2.05, 4.69) is 43.4 Å². The highest BCUT2D eigenvalue weighted by atomic mass is 16.3. The molecule has 0 bridgehead atoms. The van der Waals surface area contributed by atoms with Crippen molar-refractivity contribution in [3.63, 3.8) is 0 Å². The van der Waals surface area contributed by atoms with Gasteiger partial charge in [0.15, 0.2) is 5.76 Å². The second-order valence-electron chi connectivity index (χ2n) is 6.55. The van der Waals surface area contributed by atoms with Crippen molar-refractivity contribution in [2.75, 3.05) is 13.1 Å². The third-order valence-electron chi connectivity index (χ3n) is 4.90. The van der Waals surface area contributed by atoms with Crippen molar-refractivity contribution in [1.29, 1.82) is 0 Å². The monoisotopic (exact) mass is 345 g/mol. The van der Waals surface area contributed by atoms with E-state index in [1.807, 2.05) is 30.5 Å². The van der Waals surface area contributed by atoms with Crippen LogP contribution in [0.4, 0.5) is 0 Å². The Morgan fingerprint density at radius 2 is 2.15 bits per heavy atom. The number of nitrogens with zero attached hydrogens (tertiary/aromatic N) is 3. The molecule has 2 N–H and O–H groups in total. The number of pyridine rings is 1. The fourth-order valence-corrected chi connectivity index (χ4v) is 3.54. The molecule has 6 nitrogen and oxygen atoms in total. The summed E-state index contributed by atoms with van der Waals surface area (Å²) < 4.78 is 5.94. The quantitative estimate of drug-likeness (QED) is 0.589. The number of nitrogens with one attached hydrogen (secondary N) is 2. The van der Waals surface area contributed by atoms with Crippen LogP contribution < -0.4 is 0 Å².